The molecule has 2 aromatic rings. The average molecular weight is 557 g/mol. The van der Waals surface area contributed by atoms with E-state index < -0.39 is 0 Å². The van der Waals surface area contributed by atoms with Gasteiger partial charge in [-0.15, -0.1) is 0 Å². The molecule has 0 amide bonds. The molecule has 4 atom stereocenters. The standard InChI is InChI=1S/C42H36O/c1-25-10-11-34-24-40-41-38(19-26(2)20-39(41)37(34)18-25)36-9-5-8-35(42(36)43-40)33-17-16-31-22-30(14-15-32(31)23-33)29-13-12-27-6-3-4-7-28(27)21-29/h3-13,16-20,22,24,28,32,40-41H,14-15,21,23H2,1-2H3. The van der Waals surface area contributed by atoms with Crippen LogP contribution in [0.4, 0.5) is 0 Å². The normalized spacial score (nSPS) is 27.6. The highest BCUT2D eigenvalue weighted by Crippen LogP contribution is 2.51. The zero-order valence-corrected chi connectivity index (χ0v) is 24.9. The Morgan fingerprint density at radius 3 is 2.63 bits per heavy atom. The Kier molecular flexibility index (Phi) is 5.60. The number of allylic oxidation sites excluding steroid dienone is 17. The summed E-state index contributed by atoms with van der Waals surface area (Å²) in [5, 5.41) is 2.65. The maximum atomic E-state index is 7.01. The highest BCUT2D eigenvalue weighted by atomic mass is 16.5. The number of benzene rings is 2. The predicted octanol–water partition coefficient (Wildman–Crippen LogP) is 8.41. The molecule has 1 aliphatic heterocycles. The van der Waals surface area contributed by atoms with Gasteiger partial charge in [-0.2, -0.15) is 0 Å². The molecular weight excluding hydrogens is 520 g/mol. The Morgan fingerprint density at radius 1 is 0.791 bits per heavy atom. The Hall–Kier alpha value is -4.36. The van der Waals surface area contributed by atoms with Crippen molar-refractivity contribution in [3.63, 3.8) is 0 Å². The van der Waals surface area contributed by atoms with Crippen LogP contribution in [0.5, 0.6) is 5.75 Å². The molecule has 0 saturated carbocycles. The molecule has 2 aromatic carbocycles. The van der Waals surface area contributed by atoms with E-state index in [-0.39, 0.29) is 12.0 Å². The minimum atomic E-state index is 0.0118. The Bertz CT molecular complexity index is 2020. The Balaban J connectivity index is 1.08. The van der Waals surface area contributed by atoms with E-state index in [9.17, 15) is 0 Å². The number of para-hydroxylation sites is 1. The summed E-state index contributed by atoms with van der Waals surface area (Å²) in [4.78, 5) is 0. The van der Waals surface area contributed by atoms with E-state index >= 15 is 0 Å². The average Bonchev–Trinajstić information content (AvgIpc) is 3.04. The van der Waals surface area contributed by atoms with Crippen LogP contribution in [0, 0.1) is 24.7 Å². The zero-order chi connectivity index (χ0) is 28.7. The third-order valence-electron chi connectivity index (χ3n) is 10.6. The van der Waals surface area contributed by atoms with Crippen LogP contribution in [0.15, 0.2) is 131 Å². The van der Waals surface area contributed by atoms with Gasteiger partial charge in [0.1, 0.15) is 11.9 Å². The molecule has 0 aromatic heterocycles. The molecule has 4 unspecified atom stereocenters. The summed E-state index contributed by atoms with van der Waals surface area (Å²) in [6.07, 6.45) is 32.7. The van der Waals surface area contributed by atoms with Gasteiger partial charge in [0.05, 0.1) is 5.92 Å². The SMILES string of the molecule is CC1=CC2=c3cc(C)ccc3=CC3Oc4c(C5=CC=C6C=C(C7=CC=C8C=CC=CC8C7)CCC6C5)cccc4C(=C1)C23. The van der Waals surface area contributed by atoms with E-state index in [0.29, 0.717) is 11.8 Å². The van der Waals surface area contributed by atoms with Crippen LogP contribution in [-0.4, -0.2) is 6.10 Å². The van der Waals surface area contributed by atoms with Gasteiger partial charge < -0.3 is 4.74 Å². The highest BCUT2D eigenvalue weighted by Gasteiger charge is 2.39. The van der Waals surface area contributed by atoms with Gasteiger partial charge in [-0.3, -0.25) is 0 Å². The molecule has 0 spiro atoms. The third-order valence-corrected chi connectivity index (χ3v) is 10.6. The van der Waals surface area contributed by atoms with Gasteiger partial charge in [0.25, 0.3) is 0 Å². The lowest BCUT2D eigenvalue weighted by atomic mass is 9.71. The number of ether oxygens (including phenoxy) is 1. The van der Waals surface area contributed by atoms with Crippen molar-refractivity contribution < 1.29 is 4.74 Å². The summed E-state index contributed by atoms with van der Waals surface area (Å²) < 4.78 is 7.01. The van der Waals surface area contributed by atoms with Crippen molar-refractivity contribution in [3.05, 3.63) is 158 Å². The predicted molar refractivity (Wildman–Crippen MR) is 178 cm³/mol. The van der Waals surface area contributed by atoms with Crippen molar-refractivity contribution in [2.24, 2.45) is 17.8 Å². The second-order valence-electron chi connectivity index (χ2n) is 13.3. The van der Waals surface area contributed by atoms with Crippen LogP contribution in [0.2, 0.25) is 0 Å². The molecule has 0 saturated heterocycles. The number of hydrogen-bond donors (Lipinski definition) is 0. The van der Waals surface area contributed by atoms with Crippen molar-refractivity contribution in [2.45, 2.75) is 45.6 Å². The molecule has 7 aliphatic rings. The molecule has 43 heavy (non-hydrogen) atoms. The fourth-order valence-corrected chi connectivity index (χ4v) is 8.42. The van der Waals surface area contributed by atoms with Gasteiger partial charge in [-0.1, -0.05) is 114 Å². The maximum Gasteiger partial charge on any atom is 0.135 e. The van der Waals surface area contributed by atoms with Crippen molar-refractivity contribution in [3.8, 4) is 5.75 Å². The van der Waals surface area contributed by atoms with E-state index in [2.05, 4.69) is 123 Å². The third kappa shape index (κ3) is 4.05. The van der Waals surface area contributed by atoms with Gasteiger partial charge in [0.15, 0.2) is 0 Å². The quantitative estimate of drug-likeness (QED) is 0.361. The van der Waals surface area contributed by atoms with Crippen molar-refractivity contribution in [1.29, 1.82) is 0 Å². The van der Waals surface area contributed by atoms with Crippen LogP contribution in [-0.2, 0) is 0 Å². The molecule has 9 rings (SSSR count). The van der Waals surface area contributed by atoms with Gasteiger partial charge in [-0.05, 0) is 101 Å². The second-order valence-corrected chi connectivity index (χ2v) is 13.3. The molecule has 1 nitrogen and oxygen atoms in total. The second kappa shape index (κ2) is 9.58. The minimum absolute atomic E-state index is 0.0118. The molecule has 1 heteroatoms. The van der Waals surface area contributed by atoms with E-state index in [1.165, 1.54) is 78.1 Å². The van der Waals surface area contributed by atoms with Crippen molar-refractivity contribution in [2.75, 3.05) is 0 Å². The first kappa shape index (κ1) is 25.2. The van der Waals surface area contributed by atoms with Crippen molar-refractivity contribution >= 4 is 22.8 Å². The van der Waals surface area contributed by atoms with Crippen LogP contribution < -0.4 is 15.2 Å². The molecule has 210 valence electrons. The lowest BCUT2D eigenvalue weighted by Crippen LogP contribution is -2.44. The van der Waals surface area contributed by atoms with Gasteiger partial charge >= 0.3 is 0 Å². The van der Waals surface area contributed by atoms with E-state index in [0.717, 1.165) is 25.0 Å². The fourth-order valence-electron chi connectivity index (χ4n) is 8.42. The van der Waals surface area contributed by atoms with Gasteiger partial charge in [0, 0.05) is 17.0 Å². The fraction of sp³-hybridized carbons (Fsp3) is 0.238. The highest BCUT2D eigenvalue weighted by molar-refractivity contribution is 5.92. The topological polar surface area (TPSA) is 9.23 Å². The Labute approximate surface area is 254 Å². The molecule has 0 fully saturated rings. The molecular formula is C42H36O. The Morgan fingerprint density at radius 2 is 1.67 bits per heavy atom. The largest absolute Gasteiger partial charge is 0.484 e. The summed E-state index contributed by atoms with van der Waals surface area (Å²) in [6.45, 7) is 4.43. The number of rotatable bonds is 2. The van der Waals surface area contributed by atoms with Crippen LogP contribution >= 0.6 is 0 Å². The first-order valence-electron chi connectivity index (χ1n) is 16.0. The van der Waals surface area contributed by atoms with Crippen LogP contribution in [0.3, 0.4) is 0 Å². The van der Waals surface area contributed by atoms with Crippen LogP contribution in [0.25, 0.3) is 22.8 Å². The number of fused-ring (bicyclic) bond motifs is 5. The summed E-state index contributed by atoms with van der Waals surface area (Å²) in [5.74, 6) is 2.41. The molecule has 0 radical (unpaired) electrons. The lowest BCUT2D eigenvalue weighted by Gasteiger charge is -2.40. The monoisotopic (exact) mass is 556 g/mol. The summed E-state index contributed by atoms with van der Waals surface area (Å²) in [7, 11) is 0. The first-order valence-corrected chi connectivity index (χ1v) is 16.0. The zero-order valence-electron chi connectivity index (χ0n) is 24.9. The molecule has 0 N–H and O–H groups in total. The summed E-state index contributed by atoms with van der Waals surface area (Å²) in [6, 6.07) is 13.6. The van der Waals surface area contributed by atoms with Gasteiger partial charge in [-0.25, -0.2) is 0 Å². The molecule has 0 bridgehead atoms. The van der Waals surface area contributed by atoms with Crippen molar-refractivity contribution in [1.82, 2.24) is 0 Å². The van der Waals surface area contributed by atoms with Gasteiger partial charge in [0.2, 0.25) is 0 Å². The molecule has 1 heterocycles. The van der Waals surface area contributed by atoms with E-state index in [4.69, 9.17) is 4.74 Å². The lowest BCUT2D eigenvalue weighted by molar-refractivity contribution is 0.231. The van der Waals surface area contributed by atoms with Crippen LogP contribution in [0.1, 0.15) is 49.3 Å². The number of aryl methyl sites for hydroxylation is 1. The summed E-state index contributed by atoms with van der Waals surface area (Å²) >= 11 is 0. The number of hydrogen-bond acceptors (Lipinski definition) is 1. The van der Waals surface area contributed by atoms with E-state index in [1.54, 1.807) is 0 Å². The first-order chi connectivity index (χ1) is 21.1. The maximum absolute atomic E-state index is 7.01. The van der Waals surface area contributed by atoms with E-state index in [1.807, 2.05) is 0 Å². The minimum Gasteiger partial charge on any atom is -0.484 e. The molecule has 6 aliphatic carbocycles. The smallest absolute Gasteiger partial charge is 0.135 e. The summed E-state index contributed by atoms with van der Waals surface area (Å²) in [5.41, 5.74) is 15.4.